The van der Waals surface area contributed by atoms with Gasteiger partial charge in [-0.05, 0) is 29.7 Å². The minimum atomic E-state index is -0.745. The number of carboxylic acid groups (broad SMARTS) is 1. The Morgan fingerprint density at radius 3 is 2.67 bits per heavy atom. The van der Waals surface area contributed by atoms with Crippen molar-refractivity contribution in [1.29, 1.82) is 0 Å². The number of hydrogen-bond donors (Lipinski definition) is 1. The highest BCUT2D eigenvalue weighted by Gasteiger charge is 2.30. The van der Waals surface area contributed by atoms with Crippen molar-refractivity contribution in [2.75, 3.05) is 6.54 Å². The van der Waals surface area contributed by atoms with E-state index in [4.69, 9.17) is 0 Å². The summed E-state index contributed by atoms with van der Waals surface area (Å²) in [5, 5.41) is 9.47. The van der Waals surface area contributed by atoms with Crippen LogP contribution < -0.4 is 0 Å². The molecule has 1 aliphatic rings. The van der Waals surface area contributed by atoms with E-state index >= 15 is 0 Å². The van der Waals surface area contributed by atoms with Crippen LogP contribution in [0, 0.1) is 0 Å². The third-order valence-corrected chi connectivity index (χ3v) is 4.01. The Balaban J connectivity index is 1.75. The van der Waals surface area contributed by atoms with Crippen LogP contribution in [0.2, 0.25) is 0 Å². The molecule has 1 aliphatic heterocycles. The molecule has 0 fully saturated rings. The molecule has 3 rings (SSSR count). The normalized spacial score (nSPS) is 18.2. The molecule has 1 atom stereocenters. The van der Waals surface area contributed by atoms with Crippen molar-refractivity contribution in [1.82, 2.24) is 9.88 Å². The number of carbonyl (C=O) groups is 1. The van der Waals surface area contributed by atoms with Crippen LogP contribution in [0.4, 0.5) is 0 Å². The van der Waals surface area contributed by atoms with E-state index in [-0.39, 0.29) is 0 Å². The van der Waals surface area contributed by atoms with E-state index in [1.807, 2.05) is 41.3 Å². The highest BCUT2D eigenvalue weighted by molar-refractivity contribution is 5.74. The second-order valence-electron chi connectivity index (χ2n) is 5.37. The van der Waals surface area contributed by atoms with Gasteiger partial charge in [0.15, 0.2) is 0 Å². The highest BCUT2D eigenvalue weighted by Crippen LogP contribution is 2.23. The molecule has 0 radical (unpaired) electrons. The molecule has 2 heterocycles. The van der Waals surface area contributed by atoms with E-state index in [1.165, 1.54) is 5.56 Å². The zero-order valence-electron chi connectivity index (χ0n) is 11.8. The lowest BCUT2D eigenvalue weighted by molar-refractivity contribution is -0.143. The molecule has 0 bridgehead atoms. The molecule has 0 amide bonds. The summed E-state index contributed by atoms with van der Waals surface area (Å²) in [5.74, 6) is -0.745. The van der Waals surface area contributed by atoms with Gasteiger partial charge in [0, 0.05) is 31.4 Å². The number of aromatic nitrogens is 1. The van der Waals surface area contributed by atoms with Gasteiger partial charge in [0.1, 0.15) is 6.04 Å². The van der Waals surface area contributed by atoms with E-state index in [2.05, 4.69) is 11.1 Å². The maximum Gasteiger partial charge on any atom is 0.321 e. The van der Waals surface area contributed by atoms with Crippen LogP contribution in [0.5, 0.6) is 0 Å². The van der Waals surface area contributed by atoms with Gasteiger partial charge in [-0.25, -0.2) is 0 Å². The average molecular weight is 282 g/mol. The van der Waals surface area contributed by atoms with Crippen LogP contribution in [0.25, 0.3) is 0 Å². The summed E-state index contributed by atoms with van der Waals surface area (Å²) >= 11 is 0. The zero-order valence-corrected chi connectivity index (χ0v) is 11.8. The van der Waals surface area contributed by atoms with E-state index < -0.39 is 12.0 Å². The molecule has 1 unspecified atom stereocenters. The first-order valence-corrected chi connectivity index (χ1v) is 7.17. The molecule has 1 N–H and O–H groups in total. The number of nitrogens with zero attached hydrogens (tertiary/aromatic N) is 2. The molecular weight excluding hydrogens is 264 g/mol. The maximum atomic E-state index is 11.5. The van der Waals surface area contributed by atoms with Gasteiger partial charge in [-0.15, -0.1) is 0 Å². The van der Waals surface area contributed by atoms with Crippen LogP contribution in [0.15, 0.2) is 48.7 Å². The lowest BCUT2D eigenvalue weighted by atomic mass is 9.94. The lowest BCUT2D eigenvalue weighted by Crippen LogP contribution is -2.46. The first kappa shape index (κ1) is 13.8. The third-order valence-electron chi connectivity index (χ3n) is 4.01. The average Bonchev–Trinajstić information content (AvgIpc) is 2.53. The molecular formula is C17H18N2O2. The van der Waals surface area contributed by atoms with Crippen LogP contribution in [-0.2, 0) is 24.2 Å². The SMILES string of the molecule is O=C(O)C1Cc2ccccc2CN1CCc1ccccn1. The van der Waals surface area contributed by atoms with Crippen molar-refractivity contribution < 1.29 is 9.90 Å². The van der Waals surface area contributed by atoms with E-state index in [0.717, 1.165) is 17.7 Å². The Bertz CT molecular complexity index is 628. The smallest absolute Gasteiger partial charge is 0.321 e. The van der Waals surface area contributed by atoms with E-state index in [0.29, 0.717) is 19.5 Å². The summed E-state index contributed by atoms with van der Waals surface area (Å²) < 4.78 is 0. The quantitative estimate of drug-likeness (QED) is 0.933. The van der Waals surface area contributed by atoms with Gasteiger partial charge in [-0.3, -0.25) is 14.7 Å². The summed E-state index contributed by atoms with van der Waals surface area (Å²) in [5.41, 5.74) is 3.38. The standard InChI is InChI=1S/C17H18N2O2/c20-17(21)16-11-13-5-1-2-6-14(13)12-19(16)10-8-15-7-3-4-9-18-15/h1-7,9,16H,8,10-12H2,(H,20,21). The number of pyridine rings is 1. The first-order valence-electron chi connectivity index (χ1n) is 7.17. The molecule has 2 aromatic rings. The minimum Gasteiger partial charge on any atom is -0.480 e. The van der Waals surface area contributed by atoms with Crippen molar-refractivity contribution in [2.24, 2.45) is 0 Å². The van der Waals surface area contributed by atoms with Crippen molar-refractivity contribution in [3.8, 4) is 0 Å². The van der Waals surface area contributed by atoms with Crippen molar-refractivity contribution in [2.45, 2.75) is 25.4 Å². The number of benzene rings is 1. The molecule has 4 heteroatoms. The molecule has 0 aliphatic carbocycles. The fourth-order valence-corrected chi connectivity index (χ4v) is 2.86. The number of carboxylic acids is 1. The fourth-order valence-electron chi connectivity index (χ4n) is 2.86. The molecule has 4 nitrogen and oxygen atoms in total. The van der Waals surface area contributed by atoms with Gasteiger partial charge in [0.25, 0.3) is 0 Å². The Kier molecular flexibility index (Phi) is 3.97. The van der Waals surface area contributed by atoms with Gasteiger partial charge < -0.3 is 5.11 Å². The second kappa shape index (κ2) is 6.06. The number of fused-ring (bicyclic) bond motifs is 1. The van der Waals surface area contributed by atoms with Crippen molar-refractivity contribution >= 4 is 5.97 Å². The van der Waals surface area contributed by atoms with E-state index in [1.54, 1.807) is 6.20 Å². The van der Waals surface area contributed by atoms with Gasteiger partial charge in [-0.2, -0.15) is 0 Å². The molecule has 108 valence electrons. The maximum absolute atomic E-state index is 11.5. The van der Waals surface area contributed by atoms with Gasteiger partial charge in [0.05, 0.1) is 0 Å². The highest BCUT2D eigenvalue weighted by atomic mass is 16.4. The first-order chi connectivity index (χ1) is 10.2. The number of aliphatic carboxylic acids is 1. The van der Waals surface area contributed by atoms with Gasteiger partial charge in [0.2, 0.25) is 0 Å². The van der Waals surface area contributed by atoms with E-state index in [9.17, 15) is 9.90 Å². The summed E-state index contributed by atoms with van der Waals surface area (Å²) in [4.78, 5) is 17.9. The van der Waals surface area contributed by atoms with Gasteiger partial charge in [-0.1, -0.05) is 30.3 Å². The minimum absolute atomic E-state index is 0.441. The van der Waals surface area contributed by atoms with Crippen LogP contribution in [-0.4, -0.2) is 33.5 Å². The summed E-state index contributed by atoms with van der Waals surface area (Å²) in [6, 6.07) is 13.5. The summed E-state index contributed by atoms with van der Waals surface area (Å²) in [6.07, 6.45) is 3.12. The van der Waals surface area contributed by atoms with Crippen molar-refractivity contribution in [3.05, 3.63) is 65.5 Å². The fraction of sp³-hybridized carbons (Fsp3) is 0.294. The number of rotatable bonds is 4. The van der Waals surface area contributed by atoms with Crippen LogP contribution in [0.1, 0.15) is 16.8 Å². The predicted molar refractivity (Wildman–Crippen MR) is 79.9 cm³/mol. The zero-order chi connectivity index (χ0) is 14.7. The Hall–Kier alpha value is -2.20. The Labute approximate surface area is 124 Å². The molecule has 1 aromatic carbocycles. The van der Waals surface area contributed by atoms with Crippen LogP contribution >= 0.6 is 0 Å². The van der Waals surface area contributed by atoms with Crippen molar-refractivity contribution in [3.63, 3.8) is 0 Å². The largest absolute Gasteiger partial charge is 0.480 e. The second-order valence-corrected chi connectivity index (χ2v) is 5.37. The summed E-state index contributed by atoms with van der Waals surface area (Å²) in [7, 11) is 0. The molecule has 1 aromatic heterocycles. The van der Waals surface area contributed by atoms with Crippen LogP contribution in [0.3, 0.4) is 0 Å². The molecule has 0 saturated carbocycles. The molecule has 0 saturated heterocycles. The predicted octanol–water partition coefficient (Wildman–Crippen LogP) is 2.14. The Morgan fingerprint density at radius 1 is 1.19 bits per heavy atom. The molecule has 0 spiro atoms. The topological polar surface area (TPSA) is 53.4 Å². The number of hydrogen-bond acceptors (Lipinski definition) is 3. The lowest BCUT2D eigenvalue weighted by Gasteiger charge is -2.34. The third kappa shape index (κ3) is 3.11. The summed E-state index contributed by atoms with van der Waals surface area (Å²) in [6.45, 7) is 1.41. The monoisotopic (exact) mass is 282 g/mol. The van der Waals surface area contributed by atoms with Gasteiger partial charge >= 0.3 is 5.97 Å². The molecule has 21 heavy (non-hydrogen) atoms. The Morgan fingerprint density at radius 2 is 1.95 bits per heavy atom.